The minimum Gasteiger partial charge on any atom is -0.507 e. The molecule has 8 atom stereocenters. The average molecular weight is 958 g/mol. The zero-order chi connectivity index (χ0) is 48.4. The maximum atomic E-state index is 14.8. The van der Waals surface area contributed by atoms with E-state index < -0.39 is 83.1 Å². The van der Waals surface area contributed by atoms with Gasteiger partial charge < -0.3 is 58.3 Å². The molecule has 4 aromatic carbocycles. The fourth-order valence-corrected chi connectivity index (χ4v) is 12.9. The number of benzene rings is 4. The van der Waals surface area contributed by atoms with Crippen LogP contribution in [0.15, 0.2) is 66.7 Å². The average Bonchev–Trinajstić information content (AvgIpc) is 3.90. The van der Waals surface area contributed by atoms with Crippen molar-refractivity contribution < 1.29 is 67.7 Å². The largest absolute Gasteiger partial charge is 0.507 e. The van der Waals surface area contributed by atoms with Crippen LogP contribution in [0.5, 0.6) is 17.2 Å². The predicted octanol–water partition coefficient (Wildman–Crippen LogP) is 5.02. The second kappa shape index (κ2) is 16.9. The standard InChI is InChI=1S/C53H55N3O14/c1-27-47-35(56-19-20-66-49(65-3)48(56)70-47)21-38(68-27)69-37-23-53(63,22-33-40(37)46(60)42-41(44(33)58)43(57)32-13-8-14-36(64-2)39(32)45(42)59)50(61)55-25-52(26-55)15-17-54(18-16-52)51(62)67-24-34-30-11-6-4-9-28(30)29-10-5-7-12-31(29)34/h4-14,27,34-35,37-38,47-49,58,60,63H,15-26H2,1-3H3/t27-,35-,37-,38-,47+,48+,49-,53-/m0/s1. The highest BCUT2D eigenvalue weighted by molar-refractivity contribution is 6.31. The molecule has 0 radical (unpaired) electrons. The molecule has 17 heteroatoms. The third-order valence-corrected chi connectivity index (χ3v) is 16.3. The van der Waals surface area contributed by atoms with E-state index in [1.807, 2.05) is 31.2 Å². The fourth-order valence-electron chi connectivity index (χ4n) is 12.9. The lowest BCUT2D eigenvalue weighted by Crippen LogP contribution is -2.66. The number of fused-ring (bicyclic) bond motifs is 9. The smallest absolute Gasteiger partial charge is 0.409 e. The number of carbonyl (C=O) groups excluding carboxylic acids is 4. The van der Waals surface area contributed by atoms with Gasteiger partial charge in [0, 0.05) is 93.2 Å². The van der Waals surface area contributed by atoms with Gasteiger partial charge in [-0.3, -0.25) is 19.3 Å². The monoisotopic (exact) mass is 957 g/mol. The van der Waals surface area contributed by atoms with E-state index in [0.717, 1.165) is 22.3 Å². The second-order valence-corrected chi connectivity index (χ2v) is 20.1. The summed E-state index contributed by atoms with van der Waals surface area (Å²) < 4.78 is 42.4. The number of hydrogen-bond acceptors (Lipinski definition) is 15. The molecular formula is C53H55N3O14. The van der Waals surface area contributed by atoms with E-state index in [1.54, 1.807) is 23.0 Å². The lowest BCUT2D eigenvalue weighted by atomic mass is 9.69. The SMILES string of the molecule is COc1cccc2c1C(=O)c1c(O)c3c(c(O)c1C2=O)C[C@@](O)(C(=O)N1CC2(CCN(C(=O)OCC4c5ccccc5-c5ccccc54)CC2)C1)C[C@@H]3O[C@H]1C[C@H]2[C@H](O[C@@H]3[C@@H](OC)OCCN32)[C@H](C)O1. The Bertz CT molecular complexity index is 2790. The van der Waals surface area contributed by atoms with Gasteiger partial charge in [0.1, 0.15) is 35.6 Å². The molecule has 366 valence electrons. The Balaban J connectivity index is 0.783. The molecule has 0 bridgehead atoms. The molecule has 0 aromatic heterocycles. The molecule has 3 aliphatic carbocycles. The maximum Gasteiger partial charge on any atom is 0.409 e. The highest BCUT2D eigenvalue weighted by atomic mass is 16.7. The molecule has 12 rings (SSSR count). The zero-order valence-electron chi connectivity index (χ0n) is 39.1. The molecule has 4 aromatic rings. The fraction of sp³-hybridized carbons (Fsp3) is 0.472. The van der Waals surface area contributed by atoms with Gasteiger partial charge in [0.25, 0.3) is 5.91 Å². The summed E-state index contributed by atoms with van der Waals surface area (Å²) in [6.07, 6.45) is -3.87. The van der Waals surface area contributed by atoms with Crippen LogP contribution in [0.2, 0.25) is 0 Å². The predicted molar refractivity (Wildman–Crippen MR) is 246 cm³/mol. The van der Waals surface area contributed by atoms with Gasteiger partial charge in [-0.15, -0.1) is 0 Å². The van der Waals surface area contributed by atoms with Crippen molar-refractivity contribution >= 4 is 23.6 Å². The quantitative estimate of drug-likeness (QED) is 0.183. The number of amides is 2. The minimum atomic E-state index is -2.18. The summed E-state index contributed by atoms with van der Waals surface area (Å²) in [6, 6.07) is 20.7. The zero-order valence-corrected chi connectivity index (χ0v) is 39.1. The van der Waals surface area contributed by atoms with Gasteiger partial charge in [0.05, 0.1) is 42.6 Å². The van der Waals surface area contributed by atoms with Crippen LogP contribution in [0.4, 0.5) is 4.79 Å². The Morgan fingerprint density at radius 3 is 2.20 bits per heavy atom. The lowest BCUT2D eigenvalue weighted by molar-refractivity contribution is -0.256. The topological polar surface area (TPSA) is 203 Å². The van der Waals surface area contributed by atoms with Crippen molar-refractivity contribution in [1.82, 2.24) is 14.7 Å². The van der Waals surface area contributed by atoms with Crippen molar-refractivity contribution in [1.29, 1.82) is 0 Å². The Morgan fingerprint density at radius 1 is 0.814 bits per heavy atom. The van der Waals surface area contributed by atoms with Crippen molar-refractivity contribution in [3.8, 4) is 28.4 Å². The van der Waals surface area contributed by atoms with Crippen molar-refractivity contribution in [2.75, 3.05) is 60.2 Å². The number of morpholine rings is 1. The summed E-state index contributed by atoms with van der Waals surface area (Å²) in [5, 5.41) is 37.1. The summed E-state index contributed by atoms with van der Waals surface area (Å²) in [6.45, 7) is 4.60. The first-order chi connectivity index (χ1) is 33.8. The normalized spacial score (nSPS) is 29.5. The number of nitrogens with zero attached hydrogens (tertiary/aromatic N) is 3. The molecule has 0 unspecified atom stereocenters. The van der Waals surface area contributed by atoms with E-state index >= 15 is 0 Å². The first-order valence-corrected chi connectivity index (χ1v) is 24.2. The molecule has 5 aliphatic heterocycles. The van der Waals surface area contributed by atoms with Gasteiger partial charge in [0.15, 0.2) is 24.6 Å². The molecule has 5 fully saturated rings. The first-order valence-electron chi connectivity index (χ1n) is 24.2. The Hall–Kier alpha value is -5.92. The minimum absolute atomic E-state index is 0.0151. The van der Waals surface area contributed by atoms with Gasteiger partial charge in [-0.2, -0.15) is 0 Å². The van der Waals surface area contributed by atoms with E-state index in [9.17, 15) is 34.5 Å². The molecule has 8 aliphatic rings. The van der Waals surface area contributed by atoms with E-state index in [4.69, 9.17) is 33.2 Å². The number of rotatable bonds is 7. The van der Waals surface area contributed by atoms with Gasteiger partial charge >= 0.3 is 6.09 Å². The number of hydrogen-bond donors (Lipinski definition) is 3. The Kier molecular flexibility index (Phi) is 10.9. The number of methoxy groups -OCH3 is 2. The van der Waals surface area contributed by atoms with Crippen LogP contribution in [-0.4, -0.2) is 156 Å². The van der Waals surface area contributed by atoms with Gasteiger partial charge in [-0.05, 0) is 48.1 Å². The van der Waals surface area contributed by atoms with Gasteiger partial charge in [0.2, 0.25) is 5.78 Å². The first kappa shape index (κ1) is 45.2. The van der Waals surface area contributed by atoms with E-state index in [1.165, 1.54) is 19.2 Å². The van der Waals surface area contributed by atoms with Crippen molar-refractivity contribution in [3.63, 3.8) is 0 Å². The number of piperidine rings is 1. The van der Waals surface area contributed by atoms with Crippen molar-refractivity contribution in [2.24, 2.45) is 5.41 Å². The highest BCUT2D eigenvalue weighted by Gasteiger charge is 2.58. The summed E-state index contributed by atoms with van der Waals surface area (Å²) >= 11 is 0. The van der Waals surface area contributed by atoms with Crippen molar-refractivity contribution in [2.45, 2.75) is 93.7 Å². The van der Waals surface area contributed by atoms with E-state index in [0.29, 0.717) is 58.6 Å². The van der Waals surface area contributed by atoms with E-state index in [2.05, 4.69) is 29.2 Å². The highest BCUT2D eigenvalue weighted by Crippen LogP contribution is 2.54. The third kappa shape index (κ3) is 6.91. The van der Waals surface area contributed by atoms with Crippen LogP contribution in [0.1, 0.15) is 98.7 Å². The molecule has 3 N–H and O–H groups in total. The van der Waals surface area contributed by atoms with Crippen LogP contribution >= 0.6 is 0 Å². The van der Waals surface area contributed by atoms with Crippen molar-refractivity contribution in [3.05, 3.63) is 111 Å². The van der Waals surface area contributed by atoms with Crippen LogP contribution in [-0.2, 0) is 39.6 Å². The molecule has 0 saturated carbocycles. The van der Waals surface area contributed by atoms with Crippen LogP contribution < -0.4 is 4.74 Å². The second-order valence-electron chi connectivity index (χ2n) is 20.1. The van der Waals surface area contributed by atoms with Crippen LogP contribution in [0, 0.1) is 5.41 Å². The summed E-state index contributed by atoms with van der Waals surface area (Å²) in [5.41, 5.74) is 1.09. The number of aliphatic hydroxyl groups is 1. The molecular weight excluding hydrogens is 903 g/mol. The molecule has 5 saturated heterocycles. The number of phenols is 2. The Labute approximate surface area is 403 Å². The Morgan fingerprint density at radius 2 is 1.50 bits per heavy atom. The third-order valence-electron chi connectivity index (χ3n) is 16.3. The number of phenolic OH excluding ortho intramolecular Hbond substituents is 2. The number of ether oxygens (including phenoxy) is 7. The van der Waals surface area contributed by atoms with Gasteiger partial charge in [-0.1, -0.05) is 60.7 Å². The number of likely N-dealkylation sites (tertiary alicyclic amines) is 2. The number of carbonyl (C=O) groups is 4. The van der Waals surface area contributed by atoms with E-state index in [-0.39, 0.29) is 70.6 Å². The molecule has 17 nitrogen and oxygen atoms in total. The lowest BCUT2D eigenvalue weighted by Gasteiger charge is -2.55. The number of aromatic hydroxyl groups is 2. The maximum absolute atomic E-state index is 14.8. The van der Waals surface area contributed by atoms with Gasteiger partial charge in [-0.25, -0.2) is 4.79 Å². The van der Waals surface area contributed by atoms with Crippen LogP contribution in [0.3, 0.4) is 0 Å². The summed E-state index contributed by atoms with van der Waals surface area (Å²) in [4.78, 5) is 62.3. The molecule has 5 heterocycles. The molecule has 2 amide bonds. The summed E-state index contributed by atoms with van der Waals surface area (Å²) in [7, 11) is 2.92. The molecule has 1 spiro atoms. The summed E-state index contributed by atoms with van der Waals surface area (Å²) in [5.74, 6) is -3.22. The number of ketones is 2. The molecule has 70 heavy (non-hydrogen) atoms. The van der Waals surface area contributed by atoms with Crippen LogP contribution in [0.25, 0.3) is 11.1 Å².